The molecule has 1 aromatic carbocycles. The first kappa shape index (κ1) is 14.2. The maximum Gasteiger partial charge on any atom is 0.240 e. The SMILES string of the molecule is COc1ccc(S(=O)(=O)NC(CN)C2CC2)cc1F. The van der Waals surface area contributed by atoms with Crippen LogP contribution < -0.4 is 15.2 Å². The van der Waals surface area contributed by atoms with Gasteiger partial charge in [-0.15, -0.1) is 0 Å². The first-order valence-electron chi connectivity index (χ1n) is 6.04. The summed E-state index contributed by atoms with van der Waals surface area (Å²) in [7, 11) is -2.43. The van der Waals surface area contributed by atoms with Crippen LogP contribution in [0.5, 0.6) is 5.75 Å². The average molecular weight is 288 g/mol. The van der Waals surface area contributed by atoms with Crippen molar-refractivity contribution < 1.29 is 17.5 Å². The summed E-state index contributed by atoms with van der Waals surface area (Å²) in [6.07, 6.45) is 1.95. The molecule has 1 saturated carbocycles. The topological polar surface area (TPSA) is 81.4 Å². The van der Waals surface area contributed by atoms with E-state index in [2.05, 4.69) is 4.72 Å². The summed E-state index contributed by atoms with van der Waals surface area (Å²) in [5.74, 6) is -0.402. The van der Waals surface area contributed by atoms with Crippen LogP contribution >= 0.6 is 0 Å². The molecular weight excluding hydrogens is 271 g/mol. The molecule has 7 heteroatoms. The van der Waals surface area contributed by atoms with Gasteiger partial charge in [0.2, 0.25) is 10.0 Å². The zero-order chi connectivity index (χ0) is 14.0. The molecule has 5 nitrogen and oxygen atoms in total. The summed E-state index contributed by atoms with van der Waals surface area (Å²) >= 11 is 0. The number of sulfonamides is 1. The zero-order valence-corrected chi connectivity index (χ0v) is 11.4. The molecule has 3 N–H and O–H groups in total. The molecule has 0 aliphatic heterocycles. The van der Waals surface area contributed by atoms with E-state index < -0.39 is 15.8 Å². The summed E-state index contributed by atoms with van der Waals surface area (Å²) in [5, 5.41) is 0. The second kappa shape index (κ2) is 5.44. The van der Waals surface area contributed by atoms with Gasteiger partial charge in [0, 0.05) is 12.6 Å². The summed E-state index contributed by atoms with van der Waals surface area (Å²) in [4.78, 5) is -0.120. The molecule has 0 spiro atoms. The van der Waals surface area contributed by atoms with E-state index in [-0.39, 0.29) is 23.2 Å². The molecule has 0 aromatic heterocycles. The summed E-state index contributed by atoms with van der Waals surface area (Å²) in [6, 6.07) is 3.26. The third kappa shape index (κ3) is 3.23. The lowest BCUT2D eigenvalue weighted by Crippen LogP contribution is -2.41. The third-order valence-electron chi connectivity index (χ3n) is 3.19. The Morgan fingerprint density at radius 3 is 2.68 bits per heavy atom. The van der Waals surface area contributed by atoms with E-state index in [1.54, 1.807) is 0 Å². The summed E-state index contributed by atoms with van der Waals surface area (Å²) in [6.45, 7) is 0.239. The second-order valence-corrected chi connectivity index (χ2v) is 6.31. The molecule has 0 saturated heterocycles. The average Bonchev–Trinajstić information content (AvgIpc) is 3.20. The maximum absolute atomic E-state index is 13.5. The molecule has 2 rings (SSSR count). The minimum absolute atomic E-state index is 0.0107. The van der Waals surface area contributed by atoms with Crippen LogP contribution in [-0.2, 0) is 10.0 Å². The third-order valence-corrected chi connectivity index (χ3v) is 4.67. The van der Waals surface area contributed by atoms with Gasteiger partial charge in [0.25, 0.3) is 0 Å². The van der Waals surface area contributed by atoms with Crippen molar-refractivity contribution in [3.8, 4) is 5.75 Å². The number of methoxy groups -OCH3 is 1. The van der Waals surface area contributed by atoms with Crippen LogP contribution in [0.3, 0.4) is 0 Å². The minimum atomic E-state index is -3.75. The van der Waals surface area contributed by atoms with Gasteiger partial charge >= 0.3 is 0 Å². The normalized spacial score (nSPS) is 17.2. The molecule has 1 unspecified atom stereocenters. The first-order valence-corrected chi connectivity index (χ1v) is 7.52. The minimum Gasteiger partial charge on any atom is -0.494 e. The van der Waals surface area contributed by atoms with E-state index >= 15 is 0 Å². The molecule has 19 heavy (non-hydrogen) atoms. The number of benzene rings is 1. The highest BCUT2D eigenvalue weighted by Crippen LogP contribution is 2.33. The van der Waals surface area contributed by atoms with Crippen LogP contribution in [0.15, 0.2) is 23.1 Å². The standard InChI is InChI=1S/C12H17FN2O3S/c1-18-12-5-4-9(6-10(12)13)19(16,17)15-11(7-14)8-2-3-8/h4-6,8,11,15H,2-3,7,14H2,1H3. The van der Waals surface area contributed by atoms with Gasteiger partial charge < -0.3 is 10.5 Å². The van der Waals surface area contributed by atoms with Gasteiger partial charge in [-0.2, -0.15) is 0 Å². The number of nitrogens with one attached hydrogen (secondary N) is 1. The van der Waals surface area contributed by atoms with E-state index in [4.69, 9.17) is 10.5 Å². The number of halogens is 1. The Hall–Kier alpha value is -1.18. The van der Waals surface area contributed by atoms with Crippen molar-refractivity contribution in [1.82, 2.24) is 4.72 Å². The van der Waals surface area contributed by atoms with Crippen molar-refractivity contribution in [1.29, 1.82) is 0 Å². The highest BCUT2D eigenvalue weighted by Gasteiger charge is 2.33. The fourth-order valence-corrected chi connectivity index (χ4v) is 3.25. The molecule has 1 fully saturated rings. The zero-order valence-electron chi connectivity index (χ0n) is 10.6. The lowest BCUT2D eigenvalue weighted by atomic mass is 10.2. The Bertz CT molecular complexity index is 558. The largest absolute Gasteiger partial charge is 0.494 e. The fourth-order valence-electron chi connectivity index (χ4n) is 1.92. The Balaban J connectivity index is 2.21. The van der Waals surface area contributed by atoms with Gasteiger partial charge in [-0.3, -0.25) is 0 Å². The molecule has 0 amide bonds. The Labute approximate surface area is 112 Å². The van der Waals surface area contributed by atoms with Gasteiger partial charge in [0.05, 0.1) is 12.0 Å². The van der Waals surface area contributed by atoms with Gasteiger partial charge in [-0.25, -0.2) is 17.5 Å². The number of hydrogen-bond acceptors (Lipinski definition) is 4. The molecule has 1 aliphatic carbocycles. The van der Waals surface area contributed by atoms with Crippen LogP contribution in [0.4, 0.5) is 4.39 Å². The maximum atomic E-state index is 13.5. The van der Waals surface area contributed by atoms with Crippen molar-refractivity contribution in [2.24, 2.45) is 11.7 Å². The van der Waals surface area contributed by atoms with Crippen LogP contribution in [0.1, 0.15) is 12.8 Å². The van der Waals surface area contributed by atoms with Crippen LogP contribution in [0, 0.1) is 11.7 Å². The Kier molecular flexibility index (Phi) is 4.07. The molecular formula is C12H17FN2O3S. The van der Waals surface area contributed by atoms with E-state index in [1.165, 1.54) is 19.2 Å². The number of rotatable bonds is 6. The van der Waals surface area contributed by atoms with Crippen molar-refractivity contribution in [3.05, 3.63) is 24.0 Å². The van der Waals surface area contributed by atoms with Crippen LogP contribution in [0.25, 0.3) is 0 Å². The van der Waals surface area contributed by atoms with E-state index in [9.17, 15) is 12.8 Å². The van der Waals surface area contributed by atoms with Gasteiger partial charge in [0.1, 0.15) is 0 Å². The van der Waals surface area contributed by atoms with Gasteiger partial charge in [-0.05, 0) is 37.0 Å². The fraction of sp³-hybridized carbons (Fsp3) is 0.500. The predicted molar refractivity (Wildman–Crippen MR) is 68.8 cm³/mol. The van der Waals surface area contributed by atoms with E-state index in [1.807, 2.05) is 0 Å². The molecule has 106 valence electrons. The van der Waals surface area contributed by atoms with Crippen molar-refractivity contribution >= 4 is 10.0 Å². The predicted octanol–water partition coefficient (Wildman–Crippen LogP) is 0.850. The number of hydrogen-bond donors (Lipinski definition) is 2. The van der Waals surface area contributed by atoms with Crippen LogP contribution in [-0.4, -0.2) is 28.1 Å². The second-order valence-electron chi connectivity index (χ2n) is 4.60. The Morgan fingerprint density at radius 1 is 1.53 bits per heavy atom. The summed E-state index contributed by atoms with van der Waals surface area (Å²) < 4.78 is 45.0. The Morgan fingerprint density at radius 2 is 2.21 bits per heavy atom. The van der Waals surface area contributed by atoms with E-state index in [0.717, 1.165) is 18.9 Å². The van der Waals surface area contributed by atoms with Crippen molar-refractivity contribution in [2.45, 2.75) is 23.8 Å². The number of ether oxygens (including phenoxy) is 1. The van der Waals surface area contributed by atoms with Gasteiger partial charge in [0.15, 0.2) is 11.6 Å². The molecule has 0 radical (unpaired) electrons. The first-order chi connectivity index (χ1) is 8.97. The number of nitrogens with two attached hydrogens (primary N) is 1. The quantitative estimate of drug-likeness (QED) is 0.813. The monoisotopic (exact) mass is 288 g/mol. The van der Waals surface area contributed by atoms with Crippen LogP contribution in [0.2, 0.25) is 0 Å². The summed E-state index contributed by atoms with van der Waals surface area (Å²) in [5.41, 5.74) is 5.55. The highest BCUT2D eigenvalue weighted by molar-refractivity contribution is 7.89. The lowest BCUT2D eigenvalue weighted by Gasteiger charge is -2.16. The molecule has 1 aromatic rings. The van der Waals surface area contributed by atoms with E-state index in [0.29, 0.717) is 5.92 Å². The molecule has 0 bridgehead atoms. The smallest absolute Gasteiger partial charge is 0.240 e. The molecule has 1 aliphatic rings. The highest BCUT2D eigenvalue weighted by atomic mass is 32.2. The molecule has 1 atom stereocenters. The molecule has 0 heterocycles. The van der Waals surface area contributed by atoms with Gasteiger partial charge in [-0.1, -0.05) is 0 Å². The lowest BCUT2D eigenvalue weighted by molar-refractivity contribution is 0.385. The van der Waals surface area contributed by atoms with Crippen molar-refractivity contribution in [3.63, 3.8) is 0 Å². The van der Waals surface area contributed by atoms with Crippen molar-refractivity contribution in [2.75, 3.05) is 13.7 Å².